The van der Waals surface area contributed by atoms with E-state index < -0.39 is 0 Å². The molecule has 0 radical (unpaired) electrons. The summed E-state index contributed by atoms with van der Waals surface area (Å²) in [6.45, 7) is 1.43. The summed E-state index contributed by atoms with van der Waals surface area (Å²) in [5.41, 5.74) is 6.94. The molecule has 2 saturated heterocycles. The normalized spacial score (nSPS) is 45.9. The molecule has 4 rings (SSSR count). The van der Waals surface area contributed by atoms with E-state index in [2.05, 4.69) is 4.90 Å². The van der Waals surface area contributed by atoms with Gasteiger partial charge in [0.1, 0.15) is 0 Å². The van der Waals surface area contributed by atoms with E-state index >= 15 is 0 Å². The van der Waals surface area contributed by atoms with E-state index in [1.807, 2.05) is 0 Å². The smallest absolute Gasteiger partial charge is 0.0114 e. The molecule has 2 aliphatic carbocycles. The zero-order chi connectivity index (χ0) is 10.8. The standard InChI is InChI=1S/C14H24N2/c15-11-7-12-3-4-13(8-11)16(12)9-14(5-6-14)10-1-2-10/h10-13H,1-9,15H2. The Morgan fingerprint density at radius 2 is 1.62 bits per heavy atom. The lowest BCUT2D eigenvalue weighted by Gasteiger charge is -2.40. The van der Waals surface area contributed by atoms with Crippen LogP contribution in [0.15, 0.2) is 0 Å². The second kappa shape index (κ2) is 3.23. The summed E-state index contributed by atoms with van der Waals surface area (Å²) in [7, 11) is 0. The highest BCUT2D eigenvalue weighted by Crippen LogP contribution is 2.62. The Morgan fingerprint density at radius 1 is 1.00 bits per heavy atom. The van der Waals surface area contributed by atoms with Crippen LogP contribution >= 0.6 is 0 Å². The summed E-state index contributed by atoms with van der Waals surface area (Å²) in [4.78, 5) is 2.87. The number of hydrogen-bond acceptors (Lipinski definition) is 2. The van der Waals surface area contributed by atoms with Gasteiger partial charge in [-0.25, -0.2) is 0 Å². The number of piperidine rings is 1. The molecule has 0 aromatic rings. The van der Waals surface area contributed by atoms with Crippen molar-refractivity contribution in [3.05, 3.63) is 0 Å². The maximum absolute atomic E-state index is 6.14. The van der Waals surface area contributed by atoms with Gasteiger partial charge in [0.15, 0.2) is 0 Å². The lowest BCUT2D eigenvalue weighted by Crippen LogP contribution is -2.49. The maximum Gasteiger partial charge on any atom is 0.0114 e. The molecule has 2 heteroatoms. The van der Waals surface area contributed by atoms with Gasteiger partial charge in [0, 0.05) is 24.7 Å². The highest BCUT2D eigenvalue weighted by molar-refractivity contribution is 5.08. The highest BCUT2D eigenvalue weighted by Gasteiger charge is 2.56. The molecule has 2 N–H and O–H groups in total. The SMILES string of the molecule is NC1CC2CCC(C1)N2CC1(C2CC2)CC1. The molecule has 90 valence electrons. The molecule has 16 heavy (non-hydrogen) atoms. The van der Waals surface area contributed by atoms with Crippen molar-refractivity contribution in [3.8, 4) is 0 Å². The van der Waals surface area contributed by atoms with Crippen LogP contribution in [0.5, 0.6) is 0 Å². The Kier molecular flexibility index (Phi) is 2.00. The van der Waals surface area contributed by atoms with Crippen molar-refractivity contribution < 1.29 is 0 Å². The fraction of sp³-hybridized carbons (Fsp3) is 1.00. The van der Waals surface area contributed by atoms with Gasteiger partial charge in [0.05, 0.1) is 0 Å². The van der Waals surface area contributed by atoms with E-state index in [9.17, 15) is 0 Å². The van der Waals surface area contributed by atoms with Gasteiger partial charge in [-0.15, -0.1) is 0 Å². The number of nitrogens with zero attached hydrogens (tertiary/aromatic N) is 1. The molecular weight excluding hydrogens is 196 g/mol. The Hall–Kier alpha value is -0.0800. The first-order valence-electron chi connectivity index (χ1n) is 7.28. The average molecular weight is 220 g/mol. The van der Waals surface area contributed by atoms with Crippen LogP contribution in [-0.4, -0.2) is 29.6 Å². The predicted molar refractivity (Wildman–Crippen MR) is 65.1 cm³/mol. The summed E-state index contributed by atoms with van der Waals surface area (Å²) in [6.07, 6.45) is 11.5. The Morgan fingerprint density at radius 3 is 2.12 bits per heavy atom. The van der Waals surface area contributed by atoms with E-state index in [1.165, 1.54) is 57.9 Å². The third-order valence-electron chi connectivity index (χ3n) is 5.75. The molecule has 2 atom stereocenters. The summed E-state index contributed by atoms with van der Waals surface area (Å²) in [5, 5.41) is 0. The number of fused-ring (bicyclic) bond motifs is 2. The minimum atomic E-state index is 0.504. The molecule has 0 amide bonds. The largest absolute Gasteiger partial charge is 0.328 e. The number of rotatable bonds is 3. The zero-order valence-corrected chi connectivity index (χ0v) is 10.2. The second-order valence-electron chi connectivity index (χ2n) is 6.93. The van der Waals surface area contributed by atoms with Crippen LogP contribution in [-0.2, 0) is 0 Å². The Balaban J connectivity index is 1.48. The minimum Gasteiger partial charge on any atom is -0.328 e. The Bertz CT molecular complexity index is 279. The van der Waals surface area contributed by atoms with Crippen LogP contribution in [0.25, 0.3) is 0 Å². The molecule has 4 aliphatic rings. The van der Waals surface area contributed by atoms with Crippen LogP contribution in [0.2, 0.25) is 0 Å². The van der Waals surface area contributed by atoms with Gasteiger partial charge >= 0.3 is 0 Å². The van der Waals surface area contributed by atoms with Crippen molar-refractivity contribution in [2.75, 3.05) is 6.54 Å². The molecular formula is C14H24N2. The van der Waals surface area contributed by atoms with Crippen LogP contribution in [0.4, 0.5) is 0 Å². The summed E-state index contributed by atoms with van der Waals surface area (Å²) < 4.78 is 0. The molecule has 0 aromatic heterocycles. The van der Waals surface area contributed by atoms with Crippen molar-refractivity contribution in [1.29, 1.82) is 0 Å². The zero-order valence-electron chi connectivity index (χ0n) is 10.2. The summed E-state index contributed by atoms with van der Waals surface area (Å²) >= 11 is 0. The van der Waals surface area contributed by atoms with Gasteiger partial charge in [-0.1, -0.05) is 0 Å². The summed E-state index contributed by atoms with van der Waals surface area (Å²) in [5.74, 6) is 1.11. The fourth-order valence-corrected chi connectivity index (χ4v) is 4.49. The summed E-state index contributed by atoms with van der Waals surface area (Å²) in [6, 6.07) is 2.21. The van der Waals surface area contributed by atoms with Crippen molar-refractivity contribution in [1.82, 2.24) is 4.90 Å². The van der Waals surface area contributed by atoms with E-state index in [-0.39, 0.29) is 0 Å². The average Bonchev–Trinajstić information content (AvgIpc) is 3.12. The molecule has 2 heterocycles. The van der Waals surface area contributed by atoms with Crippen molar-refractivity contribution >= 4 is 0 Å². The van der Waals surface area contributed by atoms with E-state index in [0.29, 0.717) is 6.04 Å². The third kappa shape index (κ3) is 1.46. The lowest BCUT2D eigenvalue weighted by molar-refractivity contribution is 0.0944. The van der Waals surface area contributed by atoms with Gasteiger partial charge in [-0.2, -0.15) is 0 Å². The van der Waals surface area contributed by atoms with Crippen molar-refractivity contribution in [3.63, 3.8) is 0 Å². The van der Waals surface area contributed by atoms with Gasteiger partial charge < -0.3 is 5.73 Å². The van der Waals surface area contributed by atoms with Crippen LogP contribution in [0, 0.1) is 11.3 Å². The van der Waals surface area contributed by atoms with Gasteiger partial charge in [0.2, 0.25) is 0 Å². The first-order chi connectivity index (χ1) is 7.77. The molecule has 4 fully saturated rings. The van der Waals surface area contributed by atoms with Gasteiger partial charge in [-0.05, 0) is 62.7 Å². The minimum absolute atomic E-state index is 0.504. The topological polar surface area (TPSA) is 29.3 Å². The van der Waals surface area contributed by atoms with Gasteiger partial charge in [-0.3, -0.25) is 4.90 Å². The lowest BCUT2D eigenvalue weighted by atomic mass is 9.93. The van der Waals surface area contributed by atoms with Crippen LogP contribution < -0.4 is 5.73 Å². The molecule has 2 bridgehead atoms. The van der Waals surface area contributed by atoms with E-state index in [4.69, 9.17) is 5.73 Å². The first-order valence-corrected chi connectivity index (χ1v) is 7.28. The molecule has 2 aliphatic heterocycles. The molecule has 2 nitrogen and oxygen atoms in total. The maximum atomic E-state index is 6.14. The third-order valence-corrected chi connectivity index (χ3v) is 5.75. The number of hydrogen-bond donors (Lipinski definition) is 1. The highest BCUT2D eigenvalue weighted by atomic mass is 15.2. The van der Waals surface area contributed by atoms with E-state index in [1.54, 1.807) is 0 Å². The molecule has 0 aromatic carbocycles. The molecule has 0 spiro atoms. The molecule has 2 unspecified atom stereocenters. The number of nitrogens with two attached hydrogens (primary N) is 1. The van der Waals surface area contributed by atoms with E-state index in [0.717, 1.165) is 23.4 Å². The fourth-order valence-electron chi connectivity index (χ4n) is 4.49. The quantitative estimate of drug-likeness (QED) is 0.789. The monoisotopic (exact) mass is 220 g/mol. The van der Waals surface area contributed by atoms with Crippen LogP contribution in [0.3, 0.4) is 0 Å². The van der Waals surface area contributed by atoms with Crippen molar-refractivity contribution in [2.24, 2.45) is 17.1 Å². The van der Waals surface area contributed by atoms with Crippen LogP contribution in [0.1, 0.15) is 51.4 Å². The first kappa shape index (κ1) is 9.90. The Labute approximate surface area is 98.6 Å². The van der Waals surface area contributed by atoms with Gasteiger partial charge in [0.25, 0.3) is 0 Å². The predicted octanol–water partition coefficient (Wildman–Crippen LogP) is 2.13. The van der Waals surface area contributed by atoms with Crippen molar-refractivity contribution in [2.45, 2.75) is 69.5 Å². The second-order valence-corrected chi connectivity index (χ2v) is 6.93. The molecule has 2 saturated carbocycles.